The second kappa shape index (κ2) is 7.71. The van der Waals surface area contributed by atoms with E-state index in [4.69, 9.17) is 10.00 Å². The van der Waals surface area contributed by atoms with Gasteiger partial charge in [0.25, 0.3) is 0 Å². The van der Waals surface area contributed by atoms with Gasteiger partial charge in [-0.3, -0.25) is 4.79 Å². The fraction of sp³-hybridized carbons (Fsp3) is 0.182. The van der Waals surface area contributed by atoms with Gasteiger partial charge >= 0.3 is 0 Å². The van der Waals surface area contributed by atoms with Gasteiger partial charge in [-0.2, -0.15) is 5.26 Å². The van der Waals surface area contributed by atoms with Crippen LogP contribution >= 0.6 is 0 Å². The molecule has 0 N–H and O–H groups in total. The van der Waals surface area contributed by atoms with Crippen molar-refractivity contribution in [1.82, 2.24) is 4.57 Å². The molecule has 26 heavy (non-hydrogen) atoms. The van der Waals surface area contributed by atoms with Gasteiger partial charge in [0, 0.05) is 23.5 Å². The highest BCUT2D eigenvalue weighted by Gasteiger charge is 2.17. The molecule has 0 saturated carbocycles. The van der Waals surface area contributed by atoms with Crippen LogP contribution in [0.1, 0.15) is 32.9 Å². The lowest BCUT2D eigenvalue weighted by atomic mass is 10.1. The van der Waals surface area contributed by atoms with Crippen molar-refractivity contribution in [2.45, 2.75) is 20.4 Å². The molecule has 0 amide bonds. The third-order valence-electron chi connectivity index (χ3n) is 4.42. The Morgan fingerprint density at radius 3 is 2.50 bits per heavy atom. The quantitative estimate of drug-likeness (QED) is 0.627. The van der Waals surface area contributed by atoms with E-state index in [9.17, 15) is 4.79 Å². The minimum Gasteiger partial charge on any atom is -0.484 e. The van der Waals surface area contributed by atoms with Crippen molar-refractivity contribution in [2.24, 2.45) is 0 Å². The minimum atomic E-state index is -0.0924. The zero-order valence-electron chi connectivity index (χ0n) is 14.9. The number of carbonyl (C=O) groups is 1. The van der Waals surface area contributed by atoms with Crippen molar-refractivity contribution in [1.29, 1.82) is 5.26 Å². The average molecular weight is 344 g/mol. The standard InChI is InChI=1S/C22H20N2O2/c1-16-12-20(17(2)24(16)14-18-8-4-3-5-9-18)21(25)15-26-22-11-7-6-10-19(22)13-23/h3-12H,14-15H2,1-2H3. The monoisotopic (exact) mass is 344 g/mol. The molecular weight excluding hydrogens is 324 g/mol. The summed E-state index contributed by atoms with van der Waals surface area (Å²) in [6.07, 6.45) is 0. The number of rotatable bonds is 6. The normalized spacial score (nSPS) is 10.3. The predicted octanol–water partition coefficient (Wildman–Crippen LogP) is 4.29. The van der Waals surface area contributed by atoms with Gasteiger partial charge in [0.15, 0.2) is 6.61 Å². The van der Waals surface area contributed by atoms with Gasteiger partial charge in [-0.1, -0.05) is 42.5 Å². The number of benzene rings is 2. The molecule has 0 spiro atoms. The Bertz CT molecular complexity index is 966. The summed E-state index contributed by atoms with van der Waals surface area (Å²) in [5.41, 5.74) is 4.23. The van der Waals surface area contributed by atoms with Crippen LogP contribution in [0.25, 0.3) is 0 Å². The van der Waals surface area contributed by atoms with E-state index in [1.54, 1.807) is 24.3 Å². The molecule has 0 unspecified atom stereocenters. The van der Waals surface area contributed by atoms with Crippen LogP contribution in [0.4, 0.5) is 0 Å². The lowest BCUT2D eigenvalue weighted by Gasteiger charge is -2.10. The molecule has 1 aromatic heterocycles. The number of carbonyl (C=O) groups excluding carboxylic acids is 1. The van der Waals surface area contributed by atoms with Crippen molar-refractivity contribution in [3.05, 3.63) is 88.7 Å². The second-order valence-electron chi connectivity index (χ2n) is 6.18. The number of nitriles is 1. The van der Waals surface area contributed by atoms with Crippen molar-refractivity contribution >= 4 is 5.78 Å². The maximum Gasteiger partial charge on any atom is 0.202 e. The van der Waals surface area contributed by atoms with Gasteiger partial charge in [0.05, 0.1) is 5.56 Å². The lowest BCUT2D eigenvalue weighted by Crippen LogP contribution is -2.13. The number of para-hydroxylation sites is 1. The molecule has 2 aromatic carbocycles. The van der Waals surface area contributed by atoms with E-state index in [0.29, 0.717) is 16.9 Å². The van der Waals surface area contributed by atoms with Crippen molar-refractivity contribution in [2.75, 3.05) is 6.61 Å². The SMILES string of the molecule is Cc1cc(C(=O)COc2ccccc2C#N)c(C)n1Cc1ccccc1. The first-order valence-corrected chi connectivity index (χ1v) is 8.46. The molecule has 4 nitrogen and oxygen atoms in total. The van der Waals surface area contributed by atoms with E-state index in [2.05, 4.69) is 22.8 Å². The Morgan fingerprint density at radius 2 is 1.77 bits per heavy atom. The molecule has 0 aliphatic rings. The third-order valence-corrected chi connectivity index (χ3v) is 4.42. The molecule has 0 aliphatic heterocycles. The Labute approximate surface area is 153 Å². The van der Waals surface area contributed by atoms with Crippen LogP contribution in [0, 0.1) is 25.2 Å². The maximum atomic E-state index is 12.6. The molecule has 3 aromatic rings. The molecule has 1 heterocycles. The fourth-order valence-electron chi connectivity index (χ4n) is 3.00. The number of ketones is 1. The number of aromatic nitrogens is 1. The summed E-state index contributed by atoms with van der Waals surface area (Å²) in [5.74, 6) is 0.339. The second-order valence-corrected chi connectivity index (χ2v) is 6.18. The molecule has 0 fully saturated rings. The predicted molar refractivity (Wildman–Crippen MR) is 100 cm³/mol. The first kappa shape index (κ1) is 17.5. The summed E-state index contributed by atoms with van der Waals surface area (Å²) in [5, 5.41) is 9.11. The number of Topliss-reactive ketones (excluding diaryl/α,β-unsaturated/α-hetero) is 1. The summed E-state index contributed by atoms with van der Waals surface area (Å²) >= 11 is 0. The smallest absolute Gasteiger partial charge is 0.202 e. The topological polar surface area (TPSA) is 55.0 Å². The number of ether oxygens (including phenoxy) is 1. The van der Waals surface area contributed by atoms with Crippen LogP contribution in [0.5, 0.6) is 5.75 Å². The summed E-state index contributed by atoms with van der Waals surface area (Å²) in [4.78, 5) is 12.6. The molecule has 0 radical (unpaired) electrons. The lowest BCUT2D eigenvalue weighted by molar-refractivity contribution is 0.0920. The van der Waals surface area contributed by atoms with E-state index in [0.717, 1.165) is 17.9 Å². The van der Waals surface area contributed by atoms with Crippen LogP contribution in [0.2, 0.25) is 0 Å². The summed E-state index contributed by atoms with van der Waals surface area (Å²) in [6, 6.07) is 21.1. The van der Waals surface area contributed by atoms with E-state index in [1.807, 2.05) is 38.1 Å². The van der Waals surface area contributed by atoms with Crippen molar-refractivity contribution in [3.8, 4) is 11.8 Å². The van der Waals surface area contributed by atoms with Crippen LogP contribution in [0.15, 0.2) is 60.7 Å². The molecule has 0 atom stereocenters. The molecule has 4 heteroatoms. The first-order valence-electron chi connectivity index (χ1n) is 8.46. The largest absolute Gasteiger partial charge is 0.484 e. The van der Waals surface area contributed by atoms with E-state index < -0.39 is 0 Å². The van der Waals surface area contributed by atoms with Gasteiger partial charge in [0.1, 0.15) is 11.8 Å². The average Bonchev–Trinajstić information content (AvgIpc) is 2.95. The van der Waals surface area contributed by atoms with Crippen molar-refractivity contribution < 1.29 is 9.53 Å². The fourth-order valence-corrected chi connectivity index (χ4v) is 3.00. The van der Waals surface area contributed by atoms with Gasteiger partial charge in [-0.15, -0.1) is 0 Å². The molecule has 3 rings (SSSR count). The Hall–Kier alpha value is -3.32. The van der Waals surface area contributed by atoms with Gasteiger partial charge in [0.2, 0.25) is 5.78 Å². The number of hydrogen-bond donors (Lipinski definition) is 0. The van der Waals surface area contributed by atoms with Crippen LogP contribution < -0.4 is 4.74 Å². The zero-order chi connectivity index (χ0) is 18.5. The maximum absolute atomic E-state index is 12.6. The van der Waals surface area contributed by atoms with Crippen LogP contribution in [-0.4, -0.2) is 17.0 Å². The highest BCUT2D eigenvalue weighted by atomic mass is 16.5. The van der Waals surface area contributed by atoms with E-state index in [1.165, 1.54) is 5.56 Å². The van der Waals surface area contributed by atoms with E-state index in [-0.39, 0.29) is 12.4 Å². The van der Waals surface area contributed by atoms with Crippen molar-refractivity contribution in [3.63, 3.8) is 0 Å². The summed E-state index contributed by atoms with van der Waals surface area (Å²) < 4.78 is 7.72. The molecule has 0 bridgehead atoms. The zero-order valence-corrected chi connectivity index (χ0v) is 14.9. The third kappa shape index (κ3) is 3.68. The summed E-state index contributed by atoms with van der Waals surface area (Å²) in [6.45, 7) is 4.59. The number of hydrogen-bond acceptors (Lipinski definition) is 3. The Morgan fingerprint density at radius 1 is 1.08 bits per heavy atom. The van der Waals surface area contributed by atoms with Gasteiger partial charge in [-0.05, 0) is 37.6 Å². The van der Waals surface area contributed by atoms with E-state index >= 15 is 0 Å². The first-order chi connectivity index (χ1) is 12.6. The highest BCUT2D eigenvalue weighted by Crippen LogP contribution is 2.20. The Balaban J connectivity index is 1.76. The molecule has 0 aliphatic carbocycles. The Kier molecular flexibility index (Phi) is 5.19. The number of nitrogens with zero attached hydrogens (tertiary/aromatic N) is 2. The number of aryl methyl sites for hydroxylation is 1. The molecular formula is C22H20N2O2. The van der Waals surface area contributed by atoms with Crippen LogP contribution in [-0.2, 0) is 6.54 Å². The molecule has 130 valence electrons. The van der Waals surface area contributed by atoms with Gasteiger partial charge in [-0.25, -0.2) is 0 Å². The molecule has 0 saturated heterocycles. The highest BCUT2D eigenvalue weighted by molar-refractivity contribution is 5.98. The van der Waals surface area contributed by atoms with Crippen LogP contribution in [0.3, 0.4) is 0 Å². The minimum absolute atomic E-state index is 0.0890. The van der Waals surface area contributed by atoms with Gasteiger partial charge < -0.3 is 9.30 Å². The summed E-state index contributed by atoms with van der Waals surface area (Å²) in [7, 11) is 0.